The van der Waals surface area contributed by atoms with Gasteiger partial charge in [-0.15, -0.1) is 0 Å². The maximum Gasteiger partial charge on any atom is 0.315 e. The molecule has 2 aromatic rings. The molecule has 1 amide bonds. The van der Waals surface area contributed by atoms with Crippen molar-refractivity contribution in [1.82, 2.24) is 0 Å². The number of phenols is 1. The maximum atomic E-state index is 12.3. The molecule has 0 atom stereocenters. The Balaban J connectivity index is 2.34. The van der Waals surface area contributed by atoms with E-state index >= 15 is 0 Å². The first-order chi connectivity index (χ1) is 12.9. The van der Waals surface area contributed by atoms with Gasteiger partial charge in [0.1, 0.15) is 11.6 Å². The minimum atomic E-state index is -0.781. The maximum absolute atomic E-state index is 12.3. The van der Waals surface area contributed by atoms with Crippen molar-refractivity contribution in [3.63, 3.8) is 0 Å². The number of nitrogens with one attached hydrogen (secondary N) is 1. The van der Waals surface area contributed by atoms with Crippen LogP contribution in [0.25, 0.3) is 6.08 Å². The fraction of sp³-hybridized carbons (Fsp3) is 0.158. The summed E-state index contributed by atoms with van der Waals surface area (Å²) in [6, 6.07) is 11.3. The number of hydrogen-bond donors (Lipinski definition) is 2. The Morgan fingerprint density at radius 1 is 1.37 bits per heavy atom. The Morgan fingerprint density at radius 3 is 2.56 bits per heavy atom. The lowest BCUT2D eigenvalue weighted by atomic mass is 10.1. The van der Waals surface area contributed by atoms with Crippen LogP contribution in [0.5, 0.6) is 11.5 Å². The Morgan fingerprint density at radius 2 is 2.04 bits per heavy atom. The fourth-order valence-corrected chi connectivity index (χ4v) is 2.33. The first-order valence-corrected chi connectivity index (χ1v) is 7.97. The summed E-state index contributed by atoms with van der Waals surface area (Å²) in [5, 5.41) is 32.7. The number of anilines is 1. The number of ether oxygens (including phenoxy) is 1. The molecule has 2 rings (SSSR count). The van der Waals surface area contributed by atoms with E-state index in [-0.39, 0.29) is 16.9 Å². The van der Waals surface area contributed by atoms with Crippen LogP contribution in [0.4, 0.5) is 11.4 Å². The summed E-state index contributed by atoms with van der Waals surface area (Å²) in [7, 11) is 1.24. The van der Waals surface area contributed by atoms with Crippen molar-refractivity contribution >= 4 is 23.4 Å². The van der Waals surface area contributed by atoms with Gasteiger partial charge in [-0.05, 0) is 41.8 Å². The van der Waals surface area contributed by atoms with Crippen molar-refractivity contribution in [2.45, 2.75) is 13.3 Å². The summed E-state index contributed by atoms with van der Waals surface area (Å²) >= 11 is 0. The second-order valence-corrected chi connectivity index (χ2v) is 5.52. The highest BCUT2D eigenvalue weighted by Crippen LogP contribution is 2.37. The smallest absolute Gasteiger partial charge is 0.315 e. The number of carbonyl (C=O) groups excluding carboxylic acids is 1. The number of nitro benzene ring substituents is 1. The molecule has 0 aromatic heterocycles. The molecule has 8 nitrogen and oxygen atoms in total. The first kappa shape index (κ1) is 19.5. The molecule has 0 bridgehead atoms. The molecule has 27 heavy (non-hydrogen) atoms. The fourth-order valence-electron chi connectivity index (χ4n) is 2.33. The van der Waals surface area contributed by atoms with E-state index in [9.17, 15) is 25.3 Å². The summed E-state index contributed by atoms with van der Waals surface area (Å²) < 4.78 is 4.90. The zero-order chi connectivity index (χ0) is 20.0. The lowest BCUT2D eigenvalue weighted by Crippen LogP contribution is -2.13. The van der Waals surface area contributed by atoms with E-state index in [0.717, 1.165) is 18.1 Å². The van der Waals surface area contributed by atoms with Gasteiger partial charge < -0.3 is 15.2 Å². The van der Waals surface area contributed by atoms with Crippen LogP contribution < -0.4 is 10.1 Å². The number of carbonyl (C=O) groups is 1. The second kappa shape index (κ2) is 8.49. The SMILES string of the molecule is CCc1ccc(NC(=O)/C(C#N)=C/c2cc(OC)c(O)c([N+](=O)[O-])c2)cc1. The van der Waals surface area contributed by atoms with Crippen molar-refractivity contribution in [2.24, 2.45) is 0 Å². The van der Waals surface area contributed by atoms with Crippen molar-refractivity contribution in [3.8, 4) is 17.6 Å². The van der Waals surface area contributed by atoms with Gasteiger partial charge in [0.2, 0.25) is 5.75 Å². The van der Waals surface area contributed by atoms with Crippen LogP contribution in [0, 0.1) is 21.4 Å². The quantitative estimate of drug-likeness (QED) is 0.349. The molecule has 0 radical (unpaired) electrons. The van der Waals surface area contributed by atoms with E-state index in [1.165, 1.54) is 19.3 Å². The first-order valence-electron chi connectivity index (χ1n) is 7.97. The minimum absolute atomic E-state index is 0.136. The molecule has 0 saturated carbocycles. The van der Waals surface area contributed by atoms with E-state index in [1.54, 1.807) is 18.2 Å². The number of hydrogen-bond acceptors (Lipinski definition) is 6. The number of rotatable bonds is 6. The van der Waals surface area contributed by atoms with E-state index in [2.05, 4.69) is 5.32 Å². The van der Waals surface area contributed by atoms with E-state index in [0.29, 0.717) is 5.69 Å². The van der Waals surface area contributed by atoms with Crippen LogP contribution in [-0.2, 0) is 11.2 Å². The van der Waals surface area contributed by atoms with Gasteiger partial charge in [-0.3, -0.25) is 14.9 Å². The highest BCUT2D eigenvalue weighted by atomic mass is 16.6. The van der Waals surface area contributed by atoms with Crippen LogP contribution in [0.2, 0.25) is 0 Å². The van der Waals surface area contributed by atoms with Crippen molar-refractivity contribution in [1.29, 1.82) is 5.26 Å². The second-order valence-electron chi connectivity index (χ2n) is 5.52. The summed E-state index contributed by atoms with van der Waals surface area (Å²) in [6.45, 7) is 2.01. The molecule has 0 saturated heterocycles. The Hall–Kier alpha value is -3.86. The highest BCUT2D eigenvalue weighted by molar-refractivity contribution is 6.09. The monoisotopic (exact) mass is 367 g/mol. The third-order valence-corrected chi connectivity index (χ3v) is 3.79. The summed E-state index contributed by atoms with van der Waals surface area (Å²) in [6.07, 6.45) is 2.05. The predicted octanol–water partition coefficient (Wildman–Crippen LogP) is 3.42. The molecule has 0 spiro atoms. The summed E-state index contributed by atoms with van der Waals surface area (Å²) in [4.78, 5) is 22.6. The number of nitrogens with zero attached hydrogens (tertiary/aromatic N) is 2. The molecular weight excluding hydrogens is 350 g/mol. The lowest BCUT2D eigenvalue weighted by Gasteiger charge is -2.07. The van der Waals surface area contributed by atoms with Crippen molar-refractivity contribution in [3.05, 3.63) is 63.2 Å². The Kier molecular flexibility index (Phi) is 6.12. The zero-order valence-corrected chi connectivity index (χ0v) is 14.7. The molecule has 0 fully saturated rings. The Bertz CT molecular complexity index is 943. The van der Waals surface area contributed by atoms with Gasteiger partial charge in [-0.25, -0.2) is 0 Å². The van der Waals surface area contributed by atoms with Gasteiger partial charge in [0.05, 0.1) is 12.0 Å². The van der Waals surface area contributed by atoms with Gasteiger partial charge >= 0.3 is 5.69 Å². The lowest BCUT2D eigenvalue weighted by molar-refractivity contribution is -0.386. The third kappa shape index (κ3) is 4.61. The highest BCUT2D eigenvalue weighted by Gasteiger charge is 2.20. The Labute approximate surface area is 155 Å². The van der Waals surface area contributed by atoms with Crippen LogP contribution in [-0.4, -0.2) is 23.0 Å². The number of nitro groups is 1. The molecule has 0 aliphatic heterocycles. The van der Waals surface area contributed by atoms with E-state index < -0.39 is 22.3 Å². The van der Waals surface area contributed by atoms with Gasteiger partial charge in [-0.1, -0.05) is 19.1 Å². The van der Waals surface area contributed by atoms with Crippen LogP contribution in [0.1, 0.15) is 18.1 Å². The molecule has 138 valence electrons. The molecule has 0 aliphatic carbocycles. The molecule has 2 N–H and O–H groups in total. The van der Waals surface area contributed by atoms with E-state index in [4.69, 9.17) is 4.74 Å². The molecule has 0 aliphatic rings. The number of benzene rings is 2. The topological polar surface area (TPSA) is 125 Å². The van der Waals surface area contributed by atoms with Gasteiger partial charge in [0.25, 0.3) is 5.91 Å². The van der Waals surface area contributed by atoms with Crippen LogP contribution in [0.3, 0.4) is 0 Å². The predicted molar refractivity (Wildman–Crippen MR) is 99.4 cm³/mol. The largest absolute Gasteiger partial charge is 0.500 e. The van der Waals surface area contributed by atoms with Gasteiger partial charge in [-0.2, -0.15) is 5.26 Å². The minimum Gasteiger partial charge on any atom is -0.500 e. The number of phenolic OH excluding ortho intramolecular Hbond substituents is 1. The average molecular weight is 367 g/mol. The molecule has 8 heteroatoms. The van der Waals surface area contributed by atoms with Crippen LogP contribution in [0.15, 0.2) is 42.0 Å². The number of methoxy groups -OCH3 is 1. The van der Waals surface area contributed by atoms with Gasteiger partial charge in [0, 0.05) is 11.8 Å². The number of amides is 1. The average Bonchev–Trinajstić information content (AvgIpc) is 2.67. The summed E-state index contributed by atoms with van der Waals surface area (Å²) in [5.74, 6) is -1.42. The molecular formula is C19H17N3O5. The summed E-state index contributed by atoms with van der Waals surface area (Å²) in [5.41, 5.74) is 0.953. The van der Waals surface area contributed by atoms with Gasteiger partial charge in [0.15, 0.2) is 5.75 Å². The molecule has 2 aromatic carbocycles. The van der Waals surface area contributed by atoms with E-state index in [1.807, 2.05) is 19.1 Å². The van der Waals surface area contributed by atoms with Crippen molar-refractivity contribution < 1.29 is 19.6 Å². The molecule has 0 heterocycles. The zero-order valence-electron chi connectivity index (χ0n) is 14.7. The number of aryl methyl sites for hydroxylation is 1. The number of aromatic hydroxyl groups is 1. The normalized spacial score (nSPS) is 10.8. The van der Waals surface area contributed by atoms with Crippen molar-refractivity contribution in [2.75, 3.05) is 12.4 Å². The number of nitriles is 1. The third-order valence-electron chi connectivity index (χ3n) is 3.79. The van der Waals surface area contributed by atoms with Crippen LogP contribution >= 0.6 is 0 Å². The molecule has 0 unspecified atom stereocenters. The standard InChI is InChI=1S/C19H17N3O5/c1-3-12-4-6-15(7-5-12)21-19(24)14(11-20)8-13-9-16(22(25)26)18(23)17(10-13)27-2/h4-10,23H,3H2,1-2H3,(H,21,24)/b14-8+.